The minimum absolute atomic E-state index is 0.342. The molecule has 19 heavy (non-hydrogen) atoms. The number of aromatic nitrogens is 2. The van der Waals surface area contributed by atoms with Gasteiger partial charge in [-0.2, -0.15) is 5.10 Å². The molecule has 108 valence electrons. The van der Waals surface area contributed by atoms with E-state index >= 15 is 0 Å². The molecule has 1 aromatic rings. The van der Waals surface area contributed by atoms with E-state index < -0.39 is 0 Å². The molecule has 0 aliphatic carbocycles. The number of likely N-dealkylation sites (tertiary alicyclic amines) is 1. The molecule has 2 unspecified atom stereocenters. The molecular formula is C15H28N4. The Balaban J connectivity index is 1.99. The van der Waals surface area contributed by atoms with E-state index in [1.165, 1.54) is 50.8 Å². The molecule has 1 aliphatic heterocycles. The summed E-state index contributed by atoms with van der Waals surface area (Å²) in [7, 11) is 1.97. The lowest BCUT2D eigenvalue weighted by atomic mass is 9.96. The summed E-state index contributed by atoms with van der Waals surface area (Å²) in [5.74, 6) is 0.919. The second-order valence-electron chi connectivity index (χ2n) is 5.82. The lowest BCUT2D eigenvalue weighted by molar-refractivity contribution is 0.206. The molecule has 2 rings (SSSR count). The summed E-state index contributed by atoms with van der Waals surface area (Å²) in [6.07, 6.45) is 10.8. The molecule has 0 amide bonds. The third-order valence-electron chi connectivity index (χ3n) is 4.35. The highest BCUT2D eigenvalue weighted by molar-refractivity contribution is 5.11. The molecule has 0 saturated carbocycles. The first-order chi connectivity index (χ1) is 9.24. The van der Waals surface area contributed by atoms with Crippen molar-refractivity contribution in [2.75, 3.05) is 19.6 Å². The van der Waals surface area contributed by atoms with Crippen LogP contribution in [0.2, 0.25) is 0 Å². The third-order valence-corrected chi connectivity index (χ3v) is 4.35. The van der Waals surface area contributed by atoms with Crippen molar-refractivity contribution >= 4 is 0 Å². The van der Waals surface area contributed by atoms with E-state index in [1.54, 1.807) is 0 Å². The summed E-state index contributed by atoms with van der Waals surface area (Å²) in [6, 6.07) is 0.342. The van der Waals surface area contributed by atoms with Crippen molar-refractivity contribution in [3.63, 3.8) is 0 Å². The number of hydrogen-bond acceptors (Lipinski definition) is 3. The van der Waals surface area contributed by atoms with Gasteiger partial charge in [0.25, 0.3) is 0 Å². The Labute approximate surface area is 117 Å². The smallest absolute Gasteiger partial charge is 0.0538 e. The number of nitrogens with zero attached hydrogens (tertiary/aromatic N) is 3. The molecule has 4 nitrogen and oxygen atoms in total. The molecule has 0 aromatic carbocycles. The molecule has 1 aliphatic rings. The molecular weight excluding hydrogens is 236 g/mol. The van der Waals surface area contributed by atoms with Crippen molar-refractivity contribution in [3.05, 3.63) is 18.0 Å². The fourth-order valence-electron chi connectivity index (χ4n) is 3.30. The van der Waals surface area contributed by atoms with E-state index in [0.29, 0.717) is 12.6 Å². The summed E-state index contributed by atoms with van der Waals surface area (Å²) in [4.78, 5) is 2.56. The first-order valence-corrected chi connectivity index (χ1v) is 7.67. The highest BCUT2D eigenvalue weighted by Gasteiger charge is 2.23. The molecule has 2 heterocycles. The zero-order valence-corrected chi connectivity index (χ0v) is 12.4. The van der Waals surface area contributed by atoms with Crippen LogP contribution in [-0.2, 0) is 7.05 Å². The van der Waals surface area contributed by atoms with Crippen molar-refractivity contribution in [1.29, 1.82) is 0 Å². The van der Waals surface area contributed by atoms with Gasteiger partial charge in [0.15, 0.2) is 0 Å². The first kappa shape index (κ1) is 14.5. The van der Waals surface area contributed by atoms with Crippen LogP contribution < -0.4 is 5.73 Å². The lowest BCUT2D eigenvalue weighted by Crippen LogP contribution is -2.34. The molecule has 0 spiro atoms. The number of hydrogen-bond donors (Lipinski definition) is 1. The predicted molar refractivity (Wildman–Crippen MR) is 78.8 cm³/mol. The topological polar surface area (TPSA) is 47.1 Å². The van der Waals surface area contributed by atoms with Gasteiger partial charge in [-0.15, -0.1) is 0 Å². The van der Waals surface area contributed by atoms with Gasteiger partial charge in [0.2, 0.25) is 0 Å². The molecule has 1 saturated heterocycles. The van der Waals surface area contributed by atoms with Crippen LogP contribution in [0.25, 0.3) is 0 Å². The second-order valence-corrected chi connectivity index (χ2v) is 5.82. The number of rotatable bonds is 5. The molecule has 0 radical (unpaired) electrons. The second kappa shape index (κ2) is 7.06. The summed E-state index contributed by atoms with van der Waals surface area (Å²) < 4.78 is 1.87. The maximum Gasteiger partial charge on any atom is 0.0538 e. The van der Waals surface area contributed by atoms with E-state index in [2.05, 4.69) is 23.1 Å². The van der Waals surface area contributed by atoms with Crippen LogP contribution in [0.3, 0.4) is 0 Å². The van der Waals surface area contributed by atoms with E-state index in [9.17, 15) is 0 Å². The maximum atomic E-state index is 6.01. The van der Waals surface area contributed by atoms with E-state index in [4.69, 9.17) is 5.73 Å². The van der Waals surface area contributed by atoms with Crippen LogP contribution in [0.4, 0.5) is 0 Å². The Morgan fingerprint density at radius 3 is 2.89 bits per heavy atom. The average Bonchev–Trinajstić information content (AvgIpc) is 2.69. The molecule has 2 atom stereocenters. The van der Waals surface area contributed by atoms with Crippen LogP contribution in [0.5, 0.6) is 0 Å². The van der Waals surface area contributed by atoms with Gasteiger partial charge in [-0.05, 0) is 38.3 Å². The minimum Gasteiger partial charge on any atom is -0.329 e. The SMILES string of the molecule is CCCC1CCCN(C(CN)c2cnn(C)c2)CC1. The molecule has 0 bridgehead atoms. The van der Waals surface area contributed by atoms with Gasteiger partial charge in [0.1, 0.15) is 0 Å². The Kier molecular flexibility index (Phi) is 5.40. The standard InChI is InChI=1S/C15H28N4/c1-3-5-13-6-4-8-19(9-7-13)15(10-16)14-11-17-18(2)12-14/h11-13,15H,3-10,16H2,1-2H3. The van der Waals surface area contributed by atoms with Crippen molar-refractivity contribution in [3.8, 4) is 0 Å². The van der Waals surface area contributed by atoms with Crippen molar-refractivity contribution < 1.29 is 0 Å². The molecule has 1 fully saturated rings. The van der Waals surface area contributed by atoms with Crippen LogP contribution in [-0.4, -0.2) is 34.3 Å². The quantitative estimate of drug-likeness (QED) is 0.888. The summed E-state index contributed by atoms with van der Waals surface area (Å²) >= 11 is 0. The van der Waals surface area contributed by atoms with E-state index in [1.807, 2.05) is 17.9 Å². The Morgan fingerprint density at radius 2 is 2.26 bits per heavy atom. The highest BCUT2D eigenvalue weighted by Crippen LogP contribution is 2.27. The Hall–Kier alpha value is -0.870. The minimum atomic E-state index is 0.342. The summed E-state index contributed by atoms with van der Waals surface area (Å²) in [5, 5.41) is 4.28. The largest absolute Gasteiger partial charge is 0.329 e. The van der Waals surface area contributed by atoms with Crippen molar-refractivity contribution in [1.82, 2.24) is 14.7 Å². The molecule has 4 heteroatoms. The number of nitrogens with two attached hydrogens (primary N) is 1. The highest BCUT2D eigenvalue weighted by atomic mass is 15.3. The van der Waals surface area contributed by atoms with Gasteiger partial charge >= 0.3 is 0 Å². The number of aryl methyl sites for hydroxylation is 1. The Bertz CT molecular complexity index is 374. The zero-order valence-electron chi connectivity index (χ0n) is 12.4. The maximum absolute atomic E-state index is 6.01. The third kappa shape index (κ3) is 3.80. The zero-order chi connectivity index (χ0) is 13.7. The van der Waals surface area contributed by atoms with Gasteiger partial charge in [0.05, 0.1) is 12.2 Å². The normalized spacial score (nSPS) is 23.2. The van der Waals surface area contributed by atoms with Crippen LogP contribution in [0.1, 0.15) is 50.6 Å². The van der Waals surface area contributed by atoms with Gasteiger partial charge in [0, 0.05) is 25.4 Å². The van der Waals surface area contributed by atoms with Crippen molar-refractivity contribution in [2.24, 2.45) is 18.7 Å². The van der Waals surface area contributed by atoms with Crippen LogP contribution in [0.15, 0.2) is 12.4 Å². The Morgan fingerprint density at radius 1 is 1.42 bits per heavy atom. The van der Waals surface area contributed by atoms with E-state index in [-0.39, 0.29) is 0 Å². The van der Waals surface area contributed by atoms with E-state index in [0.717, 1.165) is 5.92 Å². The van der Waals surface area contributed by atoms with Crippen molar-refractivity contribution in [2.45, 2.75) is 45.1 Å². The van der Waals surface area contributed by atoms with Crippen LogP contribution >= 0.6 is 0 Å². The molecule has 1 aromatic heterocycles. The van der Waals surface area contributed by atoms with Crippen LogP contribution in [0, 0.1) is 5.92 Å². The van der Waals surface area contributed by atoms with Gasteiger partial charge < -0.3 is 5.73 Å². The molecule has 2 N–H and O–H groups in total. The fraction of sp³-hybridized carbons (Fsp3) is 0.800. The summed E-state index contributed by atoms with van der Waals surface area (Å²) in [5.41, 5.74) is 7.27. The van der Waals surface area contributed by atoms with Gasteiger partial charge in [-0.3, -0.25) is 9.58 Å². The average molecular weight is 264 g/mol. The summed E-state index contributed by atoms with van der Waals surface area (Å²) in [6.45, 7) is 5.34. The van der Waals surface area contributed by atoms with Gasteiger partial charge in [-0.25, -0.2) is 0 Å². The first-order valence-electron chi connectivity index (χ1n) is 7.67. The van der Waals surface area contributed by atoms with Gasteiger partial charge in [-0.1, -0.05) is 19.8 Å². The fourth-order valence-corrected chi connectivity index (χ4v) is 3.30. The lowest BCUT2D eigenvalue weighted by Gasteiger charge is -2.29. The predicted octanol–water partition coefficient (Wildman–Crippen LogP) is 2.32. The monoisotopic (exact) mass is 264 g/mol.